The van der Waals surface area contributed by atoms with Crippen molar-refractivity contribution < 1.29 is 4.74 Å². The third-order valence-corrected chi connectivity index (χ3v) is 6.46. The third-order valence-electron chi connectivity index (χ3n) is 5.23. The number of hydrogen-bond acceptors (Lipinski definition) is 4. The first kappa shape index (κ1) is 16.4. The van der Waals surface area contributed by atoms with Gasteiger partial charge in [0.2, 0.25) is 0 Å². The summed E-state index contributed by atoms with van der Waals surface area (Å²) in [6, 6.07) is 0. The van der Waals surface area contributed by atoms with Gasteiger partial charge in [-0.15, -0.1) is 0 Å². The van der Waals surface area contributed by atoms with Crippen molar-refractivity contribution >= 4 is 17.7 Å². The van der Waals surface area contributed by atoms with Gasteiger partial charge in [-0.05, 0) is 25.0 Å². The van der Waals surface area contributed by atoms with E-state index in [9.17, 15) is 0 Å². The monoisotopic (exact) mass is 326 g/mol. The fourth-order valence-electron chi connectivity index (χ4n) is 3.74. The minimum Gasteiger partial charge on any atom is -0.379 e. The summed E-state index contributed by atoms with van der Waals surface area (Å²) in [5, 5.41) is 0. The Morgan fingerprint density at radius 3 is 2.45 bits per heavy atom. The minimum absolute atomic E-state index is 0.213. The maximum absolute atomic E-state index is 6.31. The van der Waals surface area contributed by atoms with Crippen molar-refractivity contribution in [2.24, 2.45) is 10.7 Å². The molecular formula is C16H30N4OS. The zero-order chi connectivity index (χ0) is 15.3. The SMILES string of the molecule is NC(=NC[C@@]1(N2CCOCC2)CCSC1)N1CCCCCC1. The van der Waals surface area contributed by atoms with Crippen LogP contribution < -0.4 is 5.73 Å². The lowest BCUT2D eigenvalue weighted by Gasteiger charge is -2.42. The van der Waals surface area contributed by atoms with E-state index in [-0.39, 0.29) is 5.54 Å². The van der Waals surface area contributed by atoms with Crippen molar-refractivity contribution in [2.75, 3.05) is 57.4 Å². The number of nitrogens with zero attached hydrogens (tertiary/aromatic N) is 3. The quantitative estimate of drug-likeness (QED) is 0.627. The molecule has 22 heavy (non-hydrogen) atoms. The van der Waals surface area contributed by atoms with Gasteiger partial charge in [0.05, 0.1) is 25.3 Å². The third kappa shape index (κ3) is 3.89. The molecule has 0 unspecified atom stereocenters. The van der Waals surface area contributed by atoms with E-state index in [1.807, 2.05) is 0 Å². The molecule has 3 fully saturated rings. The highest BCUT2D eigenvalue weighted by Crippen LogP contribution is 2.34. The fourth-order valence-corrected chi connectivity index (χ4v) is 5.20. The van der Waals surface area contributed by atoms with Gasteiger partial charge in [0.25, 0.3) is 0 Å². The maximum atomic E-state index is 6.31. The van der Waals surface area contributed by atoms with E-state index in [4.69, 9.17) is 15.5 Å². The van der Waals surface area contributed by atoms with Crippen LogP contribution in [-0.2, 0) is 4.74 Å². The van der Waals surface area contributed by atoms with Crippen LogP contribution >= 0.6 is 11.8 Å². The Bertz CT molecular complexity index is 370. The van der Waals surface area contributed by atoms with Crippen LogP contribution in [0.1, 0.15) is 32.1 Å². The molecule has 2 N–H and O–H groups in total. The minimum atomic E-state index is 0.213. The highest BCUT2D eigenvalue weighted by molar-refractivity contribution is 7.99. The van der Waals surface area contributed by atoms with Crippen LogP contribution in [0.25, 0.3) is 0 Å². The van der Waals surface area contributed by atoms with Gasteiger partial charge in [0.15, 0.2) is 5.96 Å². The summed E-state index contributed by atoms with van der Waals surface area (Å²) < 4.78 is 5.52. The molecule has 0 bridgehead atoms. The Morgan fingerprint density at radius 2 is 1.82 bits per heavy atom. The van der Waals surface area contributed by atoms with Gasteiger partial charge in [-0.2, -0.15) is 11.8 Å². The molecular weight excluding hydrogens is 296 g/mol. The molecule has 5 nitrogen and oxygen atoms in total. The highest BCUT2D eigenvalue weighted by Gasteiger charge is 2.40. The first-order valence-electron chi connectivity index (χ1n) is 8.76. The van der Waals surface area contributed by atoms with Crippen molar-refractivity contribution in [1.29, 1.82) is 0 Å². The second-order valence-electron chi connectivity index (χ2n) is 6.70. The van der Waals surface area contributed by atoms with E-state index in [1.165, 1.54) is 43.6 Å². The summed E-state index contributed by atoms with van der Waals surface area (Å²) in [4.78, 5) is 9.74. The molecule has 1 atom stereocenters. The van der Waals surface area contributed by atoms with Gasteiger partial charge in [0, 0.05) is 31.9 Å². The summed E-state index contributed by atoms with van der Waals surface area (Å²) in [7, 11) is 0. The van der Waals surface area contributed by atoms with Crippen LogP contribution in [0.5, 0.6) is 0 Å². The second kappa shape index (κ2) is 7.88. The zero-order valence-electron chi connectivity index (χ0n) is 13.6. The van der Waals surface area contributed by atoms with Crippen LogP contribution in [0.2, 0.25) is 0 Å². The standard InChI is InChI=1S/C16H30N4OS/c17-15(19-6-3-1-2-4-7-19)18-13-16(5-12-22-14-16)20-8-10-21-11-9-20/h1-14H2,(H2,17,18)/t16-/m0/s1. The molecule has 0 aliphatic carbocycles. The van der Waals surface area contributed by atoms with Gasteiger partial charge >= 0.3 is 0 Å². The van der Waals surface area contributed by atoms with Gasteiger partial charge in [-0.1, -0.05) is 12.8 Å². The van der Waals surface area contributed by atoms with E-state index in [0.29, 0.717) is 0 Å². The van der Waals surface area contributed by atoms with Crippen molar-refractivity contribution in [3.05, 3.63) is 0 Å². The Kier molecular flexibility index (Phi) is 5.88. The number of morpholine rings is 1. The number of guanidine groups is 1. The van der Waals surface area contributed by atoms with Crippen molar-refractivity contribution in [2.45, 2.75) is 37.6 Å². The van der Waals surface area contributed by atoms with Crippen molar-refractivity contribution in [3.63, 3.8) is 0 Å². The average molecular weight is 327 g/mol. The van der Waals surface area contributed by atoms with Crippen LogP contribution in [-0.4, -0.2) is 78.7 Å². The molecule has 0 saturated carbocycles. The van der Waals surface area contributed by atoms with Crippen LogP contribution in [0.3, 0.4) is 0 Å². The van der Waals surface area contributed by atoms with Gasteiger partial charge in [-0.3, -0.25) is 9.89 Å². The molecule has 3 heterocycles. The van der Waals surface area contributed by atoms with Gasteiger partial charge < -0.3 is 15.4 Å². The molecule has 0 aromatic heterocycles. The van der Waals surface area contributed by atoms with E-state index < -0.39 is 0 Å². The molecule has 0 radical (unpaired) electrons. The van der Waals surface area contributed by atoms with E-state index in [2.05, 4.69) is 21.6 Å². The smallest absolute Gasteiger partial charge is 0.191 e. The first-order valence-corrected chi connectivity index (χ1v) is 9.91. The molecule has 3 aliphatic rings. The normalized spacial score (nSPS) is 32.2. The molecule has 0 aromatic rings. The molecule has 0 spiro atoms. The van der Waals surface area contributed by atoms with Crippen LogP contribution in [0.15, 0.2) is 4.99 Å². The number of rotatable bonds is 3. The summed E-state index contributed by atoms with van der Waals surface area (Å²) in [5.74, 6) is 3.20. The molecule has 0 amide bonds. The lowest BCUT2D eigenvalue weighted by atomic mass is 9.96. The summed E-state index contributed by atoms with van der Waals surface area (Å²) in [6.07, 6.45) is 6.39. The molecule has 3 rings (SSSR count). The average Bonchev–Trinajstić information content (AvgIpc) is 2.88. The van der Waals surface area contributed by atoms with E-state index in [0.717, 1.165) is 51.9 Å². The predicted molar refractivity (Wildman–Crippen MR) is 93.6 cm³/mol. The first-order chi connectivity index (χ1) is 10.8. The summed E-state index contributed by atoms with van der Waals surface area (Å²) in [5.41, 5.74) is 6.52. The van der Waals surface area contributed by atoms with Crippen molar-refractivity contribution in [1.82, 2.24) is 9.80 Å². The maximum Gasteiger partial charge on any atom is 0.191 e. The zero-order valence-corrected chi connectivity index (χ0v) is 14.5. The topological polar surface area (TPSA) is 54.1 Å². The number of aliphatic imine (C=N–C) groups is 1. The predicted octanol–water partition coefficient (Wildman–Crippen LogP) is 1.38. The van der Waals surface area contributed by atoms with Crippen LogP contribution in [0, 0.1) is 0 Å². The van der Waals surface area contributed by atoms with Crippen molar-refractivity contribution in [3.8, 4) is 0 Å². The van der Waals surface area contributed by atoms with E-state index in [1.54, 1.807) is 0 Å². The molecule has 3 saturated heterocycles. The fraction of sp³-hybridized carbons (Fsp3) is 0.938. The molecule has 126 valence electrons. The van der Waals surface area contributed by atoms with Gasteiger partial charge in [-0.25, -0.2) is 0 Å². The van der Waals surface area contributed by atoms with E-state index >= 15 is 0 Å². The van der Waals surface area contributed by atoms with Gasteiger partial charge in [0.1, 0.15) is 0 Å². The Hall–Kier alpha value is -0.460. The molecule has 3 aliphatic heterocycles. The number of hydrogen-bond donors (Lipinski definition) is 1. The second-order valence-corrected chi connectivity index (χ2v) is 7.81. The number of thioether (sulfide) groups is 1. The summed E-state index contributed by atoms with van der Waals surface area (Å²) in [6.45, 7) is 6.81. The number of nitrogens with two attached hydrogens (primary N) is 1. The number of ether oxygens (including phenoxy) is 1. The number of likely N-dealkylation sites (tertiary alicyclic amines) is 1. The lowest BCUT2D eigenvalue weighted by molar-refractivity contribution is -0.0104. The summed E-state index contributed by atoms with van der Waals surface area (Å²) >= 11 is 2.06. The Labute approximate surface area is 138 Å². The van der Waals surface area contributed by atoms with Crippen LogP contribution in [0.4, 0.5) is 0 Å². The Balaban J connectivity index is 1.63. The lowest BCUT2D eigenvalue weighted by Crippen LogP contribution is -2.56. The largest absolute Gasteiger partial charge is 0.379 e. The Morgan fingerprint density at radius 1 is 1.09 bits per heavy atom. The highest BCUT2D eigenvalue weighted by atomic mass is 32.2. The molecule has 0 aromatic carbocycles. The molecule has 6 heteroatoms.